The summed E-state index contributed by atoms with van der Waals surface area (Å²) < 4.78 is 5.08. The van der Waals surface area contributed by atoms with Crippen LogP contribution in [0, 0.1) is 5.92 Å². The van der Waals surface area contributed by atoms with Crippen LogP contribution in [-0.2, 0) is 16.1 Å². The van der Waals surface area contributed by atoms with Crippen molar-refractivity contribution in [2.75, 3.05) is 20.3 Å². The summed E-state index contributed by atoms with van der Waals surface area (Å²) >= 11 is 0. The number of carbonyl (C=O) groups is 2. The lowest BCUT2D eigenvalue weighted by Crippen LogP contribution is -2.46. The van der Waals surface area contributed by atoms with Crippen molar-refractivity contribution in [3.8, 4) is 0 Å². The molecule has 2 rings (SSSR count). The maximum atomic E-state index is 12.7. The number of carbonyl (C=O) groups excluding carboxylic acids is 1. The van der Waals surface area contributed by atoms with E-state index in [2.05, 4.69) is 10.3 Å². The molecule has 0 atom stereocenters. The van der Waals surface area contributed by atoms with Crippen molar-refractivity contribution < 1.29 is 19.4 Å². The largest absolute Gasteiger partial charge is 0.481 e. The Morgan fingerprint density at radius 3 is 2.56 bits per heavy atom. The highest BCUT2D eigenvalue weighted by atomic mass is 16.5. The molecule has 25 heavy (non-hydrogen) atoms. The van der Waals surface area contributed by atoms with Gasteiger partial charge in [0, 0.05) is 45.2 Å². The molecule has 2 N–H and O–H groups in total. The average molecular weight is 349 g/mol. The number of nitrogens with one attached hydrogen (secondary N) is 1. The number of carboxylic acids is 1. The second-order valence-corrected chi connectivity index (χ2v) is 6.46. The van der Waals surface area contributed by atoms with E-state index in [1.807, 2.05) is 12.1 Å². The summed E-state index contributed by atoms with van der Waals surface area (Å²) in [5.41, 5.74) is 1.03. The molecule has 1 aliphatic rings. The van der Waals surface area contributed by atoms with Crippen molar-refractivity contribution in [3.63, 3.8) is 0 Å². The standard InChI is InChI=1S/C18H27N3O4/c1-25-12-2-11-21(13-14-7-9-19-10-8-14)18(24)20-16-5-3-15(4-6-16)17(22)23/h7-10,15-16H,2-6,11-13H2,1H3,(H,20,24)(H,22,23). The van der Waals surface area contributed by atoms with E-state index < -0.39 is 5.97 Å². The Morgan fingerprint density at radius 2 is 1.96 bits per heavy atom. The van der Waals surface area contributed by atoms with Gasteiger partial charge in [-0.25, -0.2) is 4.79 Å². The SMILES string of the molecule is COCCCN(Cc1ccncc1)C(=O)NC1CCC(C(=O)O)CC1. The summed E-state index contributed by atoms with van der Waals surface area (Å²) in [4.78, 5) is 29.5. The second-order valence-electron chi connectivity index (χ2n) is 6.46. The number of carboxylic acid groups (broad SMARTS) is 1. The van der Waals surface area contributed by atoms with Gasteiger partial charge in [0.25, 0.3) is 0 Å². The maximum Gasteiger partial charge on any atom is 0.317 e. The van der Waals surface area contributed by atoms with E-state index >= 15 is 0 Å². The van der Waals surface area contributed by atoms with Crippen molar-refractivity contribution in [2.45, 2.75) is 44.7 Å². The summed E-state index contributed by atoms with van der Waals surface area (Å²) in [6.45, 7) is 1.72. The van der Waals surface area contributed by atoms with Gasteiger partial charge < -0.3 is 20.1 Å². The molecule has 0 bridgehead atoms. The van der Waals surface area contributed by atoms with Gasteiger partial charge in [0.05, 0.1) is 5.92 Å². The number of pyridine rings is 1. The van der Waals surface area contributed by atoms with Gasteiger partial charge in [0.1, 0.15) is 0 Å². The molecule has 1 aromatic heterocycles. The van der Waals surface area contributed by atoms with Gasteiger partial charge in [-0.15, -0.1) is 0 Å². The van der Waals surface area contributed by atoms with Crippen LogP contribution in [0.15, 0.2) is 24.5 Å². The zero-order valence-electron chi connectivity index (χ0n) is 14.7. The number of hydrogen-bond acceptors (Lipinski definition) is 4. The van der Waals surface area contributed by atoms with Crippen LogP contribution < -0.4 is 5.32 Å². The van der Waals surface area contributed by atoms with Crippen molar-refractivity contribution >= 4 is 12.0 Å². The van der Waals surface area contributed by atoms with Gasteiger partial charge in [-0.1, -0.05) is 0 Å². The van der Waals surface area contributed by atoms with Gasteiger partial charge in [0.15, 0.2) is 0 Å². The first kappa shape index (κ1) is 19.2. The number of urea groups is 1. The predicted octanol–water partition coefficient (Wildman–Crippen LogP) is 2.27. The smallest absolute Gasteiger partial charge is 0.317 e. The minimum atomic E-state index is -0.733. The zero-order chi connectivity index (χ0) is 18.1. The Balaban J connectivity index is 1.89. The van der Waals surface area contributed by atoms with Crippen LogP contribution in [0.1, 0.15) is 37.7 Å². The number of aromatic nitrogens is 1. The summed E-state index contributed by atoms with van der Waals surface area (Å²) in [5, 5.41) is 12.1. The number of ether oxygens (including phenoxy) is 1. The minimum Gasteiger partial charge on any atom is -0.481 e. The molecule has 0 aromatic carbocycles. The van der Waals surface area contributed by atoms with E-state index in [4.69, 9.17) is 9.84 Å². The number of rotatable bonds is 8. The highest BCUT2D eigenvalue weighted by molar-refractivity contribution is 5.74. The maximum absolute atomic E-state index is 12.7. The number of methoxy groups -OCH3 is 1. The summed E-state index contributed by atoms with van der Waals surface area (Å²) in [5.74, 6) is -1.01. The van der Waals surface area contributed by atoms with E-state index in [1.54, 1.807) is 24.4 Å². The van der Waals surface area contributed by atoms with Crippen molar-refractivity contribution in [1.29, 1.82) is 0 Å². The van der Waals surface area contributed by atoms with Crippen LogP contribution in [0.25, 0.3) is 0 Å². The third-order valence-corrected chi connectivity index (χ3v) is 4.59. The van der Waals surface area contributed by atoms with E-state index in [0.29, 0.717) is 45.4 Å². The highest BCUT2D eigenvalue weighted by Gasteiger charge is 2.27. The Hall–Kier alpha value is -2.15. The molecular weight excluding hydrogens is 322 g/mol. The molecule has 7 nitrogen and oxygen atoms in total. The van der Waals surface area contributed by atoms with Crippen LogP contribution in [0.2, 0.25) is 0 Å². The van der Waals surface area contributed by atoms with Crippen LogP contribution in [0.4, 0.5) is 4.79 Å². The second kappa shape index (κ2) is 9.98. The molecule has 1 aromatic rings. The van der Waals surface area contributed by atoms with Crippen LogP contribution in [0.3, 0.4) is 0 Å². The third kappa shape index (κ3) is 6.34. The molecule has 7 heteroatoms. The van der Waals surface area contributed by atoms with Crippen molar-refractivity contribution in [2.24, 2.45) is 5.92 Å². The van der Waals surface area contributed by atoms with Gasteiger partial charge in [0.2, 0.25) is 0 Å². The number of nitrogens with zero attached hydrogens (tertiary/aromatic N) is 2. The normalized spacial score (nSPS) is 20.0. The lowest BCUT2D eigenvalue weighted by molar-refractivity contribution is -0.142. The Morgan fingerprint density at radius 1 is 1.28 bits per heavy atom. The fourth-order valence-corrected chi connectivity index (χ4v) is 3.11. The number of hydrogen-bond donors (Lipinski definition) is 2. The Bertz CT molecular complexity index is 545. The molecule has 138 valence electrons. The van der Waals surface area contributed by atoms with Crippen LogP contribution in [0.5, 0.6) is 0 Å². The topological polar surface area (TPSA) is 91.8 Å². The quantitative estimate of drug-likeness (QED) is 0.703. The van der Waals surface area contributed by atoms with Gasteiger partial charge in [-0.2, -0.15) is 0 Å². The molecular formula is C18H27N3O4. The molecule has 2 amide bonds. The van der Waals surface area contributed by atoms with E-state index in [9.17, 15) is 9.59 Å². The summed E-state index contributed by atoms with van der Waals surface area (Å²) in [7, 11) is 1.65. The molecule has 0 spiro atoms. The van der Waals surface area contributed by atoms with E-state index in [-0.39, 0.29) is 18.0 Å². The van der Waals surface area contributed by atoms with Gasteiger partial charge in [-0.3, -0.25) is 9.78 Å². The van der Waals surface area contributed by atoms with E-state index in [0.717, 1.165) is 12.0 Å². The molecule has 0 unspecified atom stereocenters. The fourth-order valence-electron chi connectivity index (χ4n) is 3.11. The summed E-state index contributed by atoms with van der Waals surface area (Å²) in [6.07, 6.45) is 6.86. The highest BCUT2D eigenvalue weighted by Crippen LogP contribution is 2.24. The van der Waals surface area contributed by atoms with Crippen LogP contribution >= 0.6 is 0 Å². The zero-order valence-corrected chi connectivity index (χ0v) is 14.7. The van der Waals surface area contributed by atoms with Gasteiger partial charge in [-0.05, 0) is 49.8 Å². The monoisotopic (exact) mass is 349 g/mol. The minimum absolute atomic E-state index is 0.0467. The molecule has 0 radical (unpaired) electrons. The van der Waals surface area contributed by atoms with Gasteiger partial charge >= 0.3 is 12.0 Å². The molecule has 1 heterocycles. The van der Waals surface area contributed by atoms with Crippen LogP contribution in [-0.4, -0.2) is 53.3 Å². The number of amides is 2. The number of aliphatic carboxylic acids is 1. The first-order chi connectivity index (χ1) is 12.1. The summed E-state index contributed by atoms with van der Waals surface area (Å²) in [6, 6.07) is 3.74. The third-order valence-electron chi connectivity index (χ3n) is 4.59. The molecule has 1 fully saturated rings. The first-order valence-corrected chi connectivity index (χ1v) is 8.76. The predicted molar refractivity (Wildman–Crippen MR) is 93.1 cm³/mol. The van der Waals surface area contributed by atoms with Crippen molar-refractivity contribution in [3.05, 3.63) is 30.1 Å². The average Bonchev–Trinajstić information content (AvgIpc) is 2.62. The molecule has 0 aliphatic heterocycles. The molecule has 0 saturated heterocycles. The lowest BCUT2D eigenvalue weighted by atomic mass is 9.86. The lowest BCUT2D eigenvalue weighted by Gasteiger charge is -2.30. The van der Waals surface area contributed by atoms with E-state index in [1.165, 1.54) is 0 Å². The Kier molecular flexibility index (Phi) is 7.66. The molecule has 1 aliphatic carbocycles. The van der Waals surface area contributed by atoms with Crippen molar-refractivity contribution in [1.82, 2.24) is 15.2 Å². The Labute approximate surface area is 148 Å². The molecule has 1 saturated carbocycles. The fraction of sp³-hybridized carbons (Fsp3) is 0.611. The first-order valence-electron chi connectivity index (χ1n) is 8.76.